The standard InChI is InChI=1S/C19H20FNO5/c1-11(14-9-16(25-2)17(26-3)10-15(14)20)21-18(22)8-12-4-6-13(7-5-12)19(23)24/h4-7,9-11H,8H2,1-3H3,(H,21,22)(H,23,24). The highest BCUT2D eigenvalue weighted by Crippen LogP contribution is 2.32. The van der Waals surface area contributed by atoms with Crippen molar-refractivity contribution in [2.75, 3.05) is 14.2 Å². The largest absolute Gasteiger partial charge is 0.493 e. The van der Waals surface area contributed by atoms with Gasteiger partial charge in [-0.3, -0.25) is 4.79 Å². The van der Waals surface area contributed by atoms with Gasteiger partial charge in [-0.1, -0.05) is 12.1 Å². The summed E-state index contributed by atoms with van der Waals surface area (Å²) in [5.41, 5.74) is 1.08. The highest BCUT2D eigenvalue weighted by Gasteiger charge is 2.18. The van der Waals surface area contributed by atoms with Gasteiger partial charge in [0.2, 0.25) is 5.91 Å². The van der Waals surface area contributed by atoms with Gasteiger partial charge in [-0.25, -0.2) is 9.18 Å². The lowest BCUT2D eigenvalue weighted by molar-refractivity contribution is -0.121. The van der Waals surface area contributed by atoms with Gasteiger partial charge in [-0.2, -0.15) is 0 Å². The van der Waals surface area contributed by atoms with Crippen molar-refractivity contribution >= 4 is 11.9 Å². The Morgan fingerprint density at radius 1 is 1.12 bits per heavy atom. The van der Waals surface area contributed by atoms with Crippen molar-refractivity contribution in [1.29, 1.82) is 0 Å². The molecule has 1 atom stereocenters. The molecule has 0 radical (unpaired) electrons. The lowest BCUT2D eigenvalue weighted by Gasteiger charge is -2.17. The van der Waals surface area contributed by atoms with Gasteiger partial charge in [0.15, 0.2) is 11.5 Å². The second kappa shape index (κ2) is 8.33. The number of benzene rings is 2. The molecule has 26 heavy (non-hydrogen) atoms. The molecule has 0 saturated carbocycles. The van der Waals surface area contributed by atoms with Gasteiger partial charge in [-0.05, 0) is 30.7 Å². The Morgan fingerprint density at radius 3 is 2.23 bits per heavy atom. The molecule has 0 aliphatic carbocycles. The van der Waals surface area contributed by atoms with E-state index in [4.69, 9.17) is 14.6 Å². The zero-order valence-corrected chi connectivity index (χ0v) is 14.7. The van der Waals surface area contributed by atoms with Crippen molar-refractivity contribution < 1.29 is 28.6 Å². The van der Waals surface area contributed by atoms with Crippen LogP contribution in [-0.2, 0) is 11.2 Å². The predicted octanol–water partition coefficient (Wildman–Crippen LogP) is 2.96. The van der Waals surface area contributed by atoms with Gasteiger partial charge in [0.1, 0.15) is 5.82 Å². The van der Waals surface area contributed by atoms with E-state index in [0.717, 1.165) is 0 Å². The lowest BCUT2D eigenvalue weighted by atomic mass is 10.1. The smallest absolute Gasteiger partial charge is 0.335 e. The summed E-state index contributed by atoms with van der Waals surface area (Å²) in [6, 6.07) is 8.13. The molecule has 0 bridgehead atoms. The summed E-state index contributed by atoms with van der Waals surface area (Å²) in [5, 5.41) is 11.6. The van der Waals surface area contributed by atoms with Crippen molar-refractivity contribution in [2.45, 2.75) is 19.4 Å². The normalized spacial score (nSPS) is 11.5. The lowest BCUT2D eigenvalue weighted by Crippen LogP contribution is -2.28. The first-order chi connectivity index (χ1) is 12.3. The van der Waals surface area contributed by atoms with Crippen LogP contribution >= 0.6 is 0 Å². The van der Waals surface area contributed by atoms with E-state index in [1.54, 1.807) is 19.1 Å². The van der Waals surface area contributed by atoms with Crippen LogP contribution in [0.25, 0.3) is 0 Å². The van der Waals surface area contributed by atoms with Gasteiger partial charge in [0.25, 0.3) is 0 Å². The molecule has 2 aromatic carbocycles. The third kappa shape index (κ3) is 4.50. The molecule has 2 N–H and O–H groups in total. The Bertz CT molecular complexity index is 804. The molecule has 2 aromatic rings. The maximum absolute atomic E-state index is 14.3. The fraction of sp³-hybridized carbons (Fsp3) is 0.263. The van der Waals surface area contributed by atoms with Crippen LogP contribution in [0, 0.1) is 5.82 Å². The monoisotopic (exact) mass is 361 g/mol. The molecule has 0 aromatic heterocycles. The van der Waals surface area contributed by atoms with Crippen molar-refractivity contribution in [2.24, 2.45) is 0 Å². The molecular weight excluding hydrogens is 341 g/mol. The van der Waals surface area contributed by atoms with Crippen molar-refractivity contribution in [1.82, 2.24) is 5.32 Å². The SMILES string of the molecule is COc1cc(F)c(C(C)NC(=O)Cc2ccc(C(=O)O)cc2)cc1OC. The van der Waals surface area contributed by atoms with E-state index >= 15 is 0 Å². The summed E-state index contributed by atoms with van der Waals surface area (Å²) in [6.45, 7) is 1.66. The second-order valence-electron chi connectivity index (χ2n) is 5.70. The van der Waals surface area contributed by atoms with Crippen LogP contribution in [0.2, 0.25) is 0 Å². The molecule has 138 valence electrons. The Morgan fingerprint density at radius 2 is 1.69 bits per heavy atom. The molecule has 6 nitrogen and oxygen atoms in total. The number of hydrogen-bond donors (Lipinski definition) is 2. The molecule has 7 heteroatoms. The number of halogens is 1. The zero-order valence-electron chi connectivity index (χ0n) is 14.7. The van der Waals surface area contributed by atoms with Crippen LogP contribution in [0.3, 0.4) is 0 Å². The molecule has 0 saturated heterocycles. The van der Waals surface area contributed by atoms with Crippen LogP contribution in [0.15, 0.2) is 36.4 Å². The zero-order chi connectivity index (χ0) is 19.3. The molecule has 0 heterocycles. The molecule has 0 aliphatic rings. The fourth-order valence-electron chi connectivity index (χ4n) is 2.52. The third-order valence-corrected chi connectivity index (χ3v) is 3.91. The van der Waals surface area contributed by atoms with E-state index in [0.29, 0.717) is 11.3 Å². The number of rotatable bonds is 7. The number of amides is 1. The van der Waals surface area contributed by atoms with Gasteiger partial charge in [-0.15, -0.1) is 0 Å². The Kier molecular flexibility index (Phi) is 6.16. The summed E-state index contributed by atoms with van der Waals surface area (Å²) < 4.78 is 24.5. The topological polar surface area (TPSA) is 84.9 Å². The van der Waals surface area contributed by atoms with E-state index in [-0.39, 0.29) is 29.2 Å². The number of ether oxygens (including phenoxy) is 2. The summed E-state index contributed by atoms with van der Waals surface area (Å²) >= 11 is 0. The molecule has 0 spiro atoms. The number of hydrogen-bond acceptors (Lipinski definition) is 4. The number of carbonyl (C=O) groups excluding carboxylic acids is 1. The third-order valence-electron chi connectivity index (χ3n) is 3.91. The second-order valence-corrected chi connectivity index (χ2v) is 5.70. The number of aromatic carboxylic acids is 1. The average molecular weight is 361 g/mol. The summed E-state index contributed by atoms with van der Waals surface area (Å²) in [5.74, 6) is -1.21. The number of methoxy groups -OCH3 is 2. The molecule has 0 fully saturated rings. The van der Waals surface area contributed by atoms with Crippen molar-refractivity contribution in [3.63, 3.8) is 0 Å². The number of carbonyl (C=O) groups is 2. The van der Waals surface area contributed by atoms with Gasteiger partial charge >= 0.3 is 5.97 Å². The number of nitrogens with one attached hydrogen (secondary N) is 1. The summed E-state index contributed by atoms with van der Waals surface area (Å²) in [4.78, 5) is 23.0. The first-order valence-corrected chi connectivity index (χ1v) is 7.88. The van der Waals surface area contributed by atoms with Gasteiger partial charge in [0, 0.05) is 11.6 Å². The molecule has 1 amide bonds. The van der Waals surface area contributed by atoms with E-state index in [1.807, 2.05) is 0 Å². The van der Waals surface area contributed by atoms with Crippen LogP contribution in [0.4, 0.5) is 4.39 Å². The molecule has 2 rings (SSSR count). The summed E-state index contributed by atoms with van der Waals surface area (Å²) in [6.07, 6.45) is 0.0547. The first kappa shape index (κ1) is 19.2. The van der Waals surface area contributed by atoms with Crippen LogP contribution in [-0.4, -0.2) is 31.2 Å². The van der Waals surface area contributed by atoms with E-state index in [1.165, 1.54) is 38.5 Å². The molecule has 0 aliphatic heterocycles. The molecular formula is C19H20FNO5. The van der Waals surface area contributed by atoms with Crippen LogP contribution in [0.5, 0.6) is 11.5 Å². The Balaban J connectivity index is 2.08. The van der Waals surface area contributed by atoms with Crippen LogP contribution < -0.4 is 14.8 Å². The number of carboxylic acid groups (broad SMARTS) is 1. The highest BCUT2D eigenvalue weighted by molar-refractivity contribution is 5.87. The number of carboxylic acids is 1. The van der Waals surface area contributed by atoms with E-state index in [2.05, 4.69) is 5.32 Å². The van der Waals surface area contributed by atoms with Gasteiger partial charge < -0.3 is 19.9 Å². The van der Waals surface area contributed by atoms with E-state index < -0.39 is 17.8 Å². The Hall–Kier alpha value is -3.09. The minimum atomic E-state index is -1.03. The van der Waals surface area contributed by atoms with Crippen LogP contribution in [0.1, 0.15) is 34.5 Å². The highest BCUT2D eigenvalue weighted by atomic mass is 19.1. The fourth-order valence-corrected chi connectivity index (χ4v) is 2.52. The van der Waals surface area contributed by atoms with Gasteiger partial charge in [0.05, 0.1) is 32.2 Å². The first-order valence-electron chi connectivity index (χ1n) is 7.88. The minimum Gasteiger partial charge on any atom is -0.493 e. The molecule has 1 unspecified atom stereocenters. The maximum atomic E-state index is 14.3. The van der Waals surface area contributed by atoms with E-state index in [9.17, 15) is 14.0 Å². The van der Waals surface area contributed by atoms with Crippen molar-refractivity contribution in [3.8, 4) is 11.5 Å². The minimum absolute atomic E-state index is 0.0547. The summed E-state index contributed by atoms with van der Waals surface area (Å²) in [7, 11) is 2.86. The average Bonchev–Trinajstić information content (AvgIpc) is 2.61. The predicted molar refractivity (Wildman–Crippen MR) is 93.2 cm³/mol. The van der Waals surface area contributed by atoms with Crippen molar-refractivity contribution in [3.05, 3.63) is 58.9 Å². The Labute approximate surface area is 150 Å². The quantitative estimate of drug-likeness (QED) is 0.792. The maximum Gasteiger partial charge on any atom is 0.335 e.